The lowest BCUT2D eigenvalue weighted by Crippen LogP contribution is -2.33. The smallest absolute Gasteiger partial charge is 0.234 e. The predicted molar refractivity (Wildman–Crippen MR) is 90.7 cm³/mol. The zero-order chi connectivity index (χ0) is 15.5. The molecule has 114 valence electrons. The first kappa shape index (κ1) is 15.2. The number of nitrogens with one attached hydrogen (secondary N) is 1. The summed E-state index contributed by atoms with van der Waals surface area (Å²) in [4.78, 5) is 16.5. The highest BCUT2D eigenvalue weighted by atomic mass is 79.9. The molecule has 0 saturated heterocycles. The predicted octanol–water partition coefficient (Wildman–Crippen LogP) is 2.42. The van der Waals surface area contributed by atoms with Crippen molar-refractivity contribution in [1.82, 2.24) is 5.32 Å². The summed E-state index contributed by atoms with van der Waals surface area (Å²) >= 11 is 8.54. The van der Waals surface area contributed by atoms with Gasteiger partial charge < -0.3 is 14.8 Å². The second-order valence-electron chi connectivity index (χ2n) is 4.80. The van der Waals surface area contributed by atoms with E-state index in [2.05, 4.69) is 26.2 Å². The molecule has 1 unspecified atom stereocenters. The van der Waals surface area contributed by atoms with E-state index in [-0.39, 0.29) is 5.91 Å². The van der Waals surface area contributed by atoms with Gasteiger partial charge in [0.2, 0.25) is 5.91 Å². The van der Waals surface area contributed by atoms with Crippen molar-refractivity contribution in [2.45, 2.75) is 6.54 Å². The average molecular weight is 381 g/mol. The second kappa shape index (κ2) is 6.58. The summed E-state index contributed by atoms with van der Waals surface area (Å²) in [5, 5.41) is 2.86. The van der Waals surface area contributed by atoms with Crippen LogP contribution in [0.4, 0.5) is 0 Å². The molecule has 1 amide bonds. The van der Waals surface area contributed by atoms with Crippen LogP contribution in [0.1, 0.15) is 5.56 Å². The molecule has 0 aromatic heterocycles. The third-order valence-electron chi connectivity index (χ3n) is 3.26. The highest BCUT2D eigenvalue weighted by Crippen LogP contribution is 2.38. The minimum Gasteiger partial charge on any atom is -0.486 e. The van der Waals surface area contributed by atoms with Gasteiger partial charge >= 0.3 is 0 Å². The molecule has 0 fully saturated rings. The Morgan fingerprint density at radius 2 is 2.23 bits per heavy atom. The van der Waals surface area contributed by atoms with Crippen LogP contribution in [-0.2, 0) is 11.3 Å². The fraction of sp³-hybridized carbons (Fsp3) is 0.267. The summed E-state index contributed by atoms with van der Waals surface area (Å²) in [6, 6.07) is 3.77. The lowest BCUT2D eigenvalue weighted by Gasteiger charge is -2.21. The van der Waals surface area contributed by atoms with Crippen molar-refractivity contribution in [3.63, 3.8) is 0 Å². The maximum atomic E-state index is 12.2. The van der Waals surface area contributed by atoms with Crippen molar-refractivity contribution < 1.29 is 14.3 Å². The van der Waals surface area contributed by atoms with Gasteiger partial charge in [-0.1, -0.05) is 18.3 Å². The molecule has 1 aromatic carbocycles. The molecule has 2 aliphatic heterocycles. The van der Waals surface area contributed by atoms with Gasteiger partial charge in [0.15, 0.2) is 11.5 Å². The number of carbonyl (C=O) groups is 1. The summed E-state index contributed by atoms with van der Waals surface area (Å²) < 4.78 is 11.9. The molecule has 1 atom stereocenters. The van der Waals surface area contributed by atoms with Crippen LogP contribution < -0.4 is 14.8 Å². The Morgan fingerprint density at radius 3 is 3.05 bits per heavy atom. The zero-order valence-corrected chi connectivity index (χ0v) is 13.9. The van der Waals surface area contributed by atoms with Crippen molar-refractivity contribution in [1.29, 1.82) is 0 Å². The van der Waals surface area contributed by atoms with Crippen molar-refractivity contribution in [3.8, 4) is 11.5 Å². The number of amides is 1. The van der Waals surface area contributed by atoms with Gasteiger partial charge in [0.05, 0.1) is 4.47 Å². The van der Waals surface area contributed by atoms with E-state index in [0.29, 0.717) is 36.2 Å². The number of hydrogen-bond acceptors (Lipinski definition) is 4. The second-order valence-corrected chi connectivity index (χ2v) is 6.07. The largest absolute Gasteiger partial charge is 0.486 e. The van der Waals surface area contributed by atoms with Crippen LogP contribution in [0, 0.1) is 5.92 Å². The van der Waals surface area contributed by atoms with Crippen LogP contribution in [0.3, 0.4) is 0 Å². The maximum absolute atomic E-state index is 12.2. The quantitative estimate of drug-likeness (QED) is 0.818. The summed E-state index contributed by atoms with van der Waals surface area (Å²) in [5.41, 5.74) is 0.915. The Hall–Kier alpha value is -1.73. The highest BCUT2D eigenvalue weighted by molar-refractivity contribution is 9.10. The van der Waals surface area contributed by atoms with Gasteiger partial charge in [0.1, 0.15) is 24.1 Å². The first-order valence-electron chi connectivity index (χ1n) is 6.75. The van der Waals surface area contributed by atoms with Gasteiger partial charge in [-0.2, -0.15) is 0 Å². The summed E-state index contributed by atoms with van der Waals surface area (Å²) in [6.45, 7) is 1.44. The molecule has 0 radical (unpaired) electrons. The molecule has 0 bridgehead atoms. The monoisotopic (exact) mass is 380 g/mol. The molecule has 2 heterocycles. The number of benzene rings is 1. The number of halogens is 1. The van der Waals surface area contributed by atoms with Gasteiger partial charge in [-0.3, -0.25) is 4.79 Å². The minimum absolute atomic E-state index is 0.163. The molecule has 3 rings (SSSR count). The van der Waals surface area contributed by atoms with Gasteiger partial charge in [-0.25, -0.2) is 4.99 Å². The summed E-state index contributed by atoms with van der Waals surface area (Å²) in [5.74, 6) is 0.736. The van der Waals surface area contributed by atoms with Crippen molar-refractivity contribution in [3.05, 3.63) is 34.3 Å². The zero-order valence-electron chi connectivity index (χ0n) is 11.5. The molecule has 0 aliphatic carbocycles. The Labute approximate surface area is 141 Å². The average Bonchev–Trinajstić information content (AvgIpc) is 2.53. The topological polar surface area (TPSA) is 59.9 Å². The van der Waals surface area contributed by atoms with E-state index in [1.807, 2.05) is 12.1 Å². The number of dihydropyridines is 1. The molecule has 0 saturated carbocycles. The SMILES string of the molecule is O=C(NCc1cc(Br)c2c(c1)OCCO2)C1C=CC=NC1=S. The lowest BCUT2D eigenvalue weighted by molar-refractivity contribution is -0.122. The molecule has 5 nitrogen and oxygen atoms in total. The van der Waals surface area contributed by atoms with Crippen LogP contribution in [0.15, 0.2) is 33.7 Å². The number of nitrogens with zero attached hydrogens (tertiary/aromatic N) is 1. The molecular weight excluding hydrogens is 368 g/mol. The van der Waals surface area contributed by atoms with Gasteiger partial charge in [0.25, 0.3) is 0 Å². The number of rotatable bonds is 3. The Kier molecular flexibility index (Phi) is 4.54. The van der Waals surface area contributed by atoms with Crippen LogP contribution >= 0.6 is 28.1 Å². The van der Waals surface area contributed by atoms with Crippen LogP contribution in [0.25, 0.3) is 0 Å². The fourth-order valence-corrected chi connectivity index (χ4v) is 3.06. The fourth-order valence-electron chi connectivity index (χ4n) is 2.20. The molecular formula is C15H13BrN2O3S. The molecule has 2 aliphatic rings. The summed E-state index contributed by atoms with van der Waals surface area (Å²) in [6.07, 6.45) is 5.05. The van der Waals surface area contributed by atoms with E-state index >= 15 is 0 Å². The van der Waals surface area contributed by atoms with Crippen molar-refractivity contribution in [2.24, 2.45) is 10.9 Å². The first-order chi connectivity index (χ1) is 10.6. The minimum atomic E-state index is -0.486. The molecule has 1 aromatic rings. The number of allylic oxidation sites excluding steroid dienone is 1. The van der Waals surface area contributed by atoms with E-state index in [9.17, 15) is 4.79 Å². The van der Waals surface area contributed by atoms with Gasteiger partial charge in [-0.15, -0.1) is 0 Å². The van der Waals surface area contributed by atoms with E-state index in [4.69, 9.17) is 21.7 Å². The van der Waals surface area contributed by atoms with Crippen LogP contribution in [0.2, 0.25) is 0 Å². The van der Waals surface area contributed by atoms with Gasteiger partial charge in [-0.05, 0) is 39.7 Å². The van der Waals surface area contributed by atoms with E-state index < -0.39 is 5.92 Å². The van der Waals surface area contributed by atoms with Crippen molar-refractivity contribution >= 4 is 45.3 Å². The molecule has 7 heteroatoms. The highest BCUT2D eigenvalue weighted by Gasteiger charge is 2.22. The maximum Gasteiger partial charge on any atom is 0.234 e. The molecule has 0 spiro atoms. The molecule has 22 heavy (non-hydrogen) atoms. The standard InChI is InChI=1S/C15H13BrN2O3S/c16-11-6-9(7-12-13(11)21-5-4-20-12)8-18-14(19)10-2-1-3-17-15(10)22/h1-3,6-7,10H,4-5,8H2,(H,18,19). The van der Waals surface area contributed by atoms with E-state index in [1.54, 1.807) is 18.4 Å². The normalized spacial score (nSPS) is 19.1. The third kappa shape index (κ3) is 3.20. The lowest BCUT2D eigenvalue weighted by atomic mass is 10.1. The van der Waals surface area contributed by atoms with Crippen LogP contribution in [-0.4, -0.2) is 30.3 Å². The number of ether oxygens (including phenoxy) is 2. The first-order valence-corrected chi connectivity index (χ1v) is 7.96. The van der Waals surface area contributed by atoms with Crippen molar-refractivity contribution in [2.75, 3.05) is 13.2 Å². The Morgan fingerprint density at radius 1 is 1.41 bits per heavy atom. The van der Waals surface area contributed by atoms with E-state index in [0.717, 1.165) is 10.0 Å². The van der Waals surface area contributed by atoms with Gasteiger partial charge in [0, 0.05) is 12.8 Å². The Balaban J connectivity index is 1.68. The number of aliphatic imine (C=N–C) groups is 1. The van der Waals surface area contributed by atoms with E-state index in [1.165, 1.54) is 0 Å². The third-order valence-corrected chi connectivity index (χ3v) is 4.21. The number of thiocarbonyl (C=S) groups is 1. The number of carbonyl (C=O) groups excluding carboxylic acids is 1. The van der Waals surface area contributed by atoms with Crippen LogP contribution in [0.5, 0.6) is 11.5 Å². The molecule has 1 N–H and O–H groups in total. The number of hydrogen-bond donors (Lipinski definition) is 1. The summed E-state index contributed by atoms with van der Waals surface area (Å²) in [7, 11) is 0. The number of fused-ring (bicyclic) bond motifs is 1. The Bertz CT molecular complexity index is 688.